The second kappa shape index (κ2) is 12.8. The fraction of sp³-hybridized carbons (Fsp3) is 0.944. The van der Waals surface area contributed by atoms with Crippen molar-refractivity contribution in [3.05, 3.63) is 0 Å². The zero-order valence-corrected chi connectivity index (χ0v) is 23.2. The van der Waals surface area contributed by atoms with Crippen molar-refractivity contribution in [2.45, 2.75) is 80.4 Å². The lowest BCUT2D eigenvalue weighted by Gasteiger charge is -2.46. The second-order valence-electron chi connectivity index (χ2n) is 8.87. The number of amides is 1. The van der Waals surface area contributed by atoms with Gasteiger partial charge >= 0.3 is 15.6 Å². The predicted octanol–water partition coefficient (Wildman–Crippen LogP) is 0.623. The minimum absolute atomic E-state index is 0.345. The highest BCUT2D eigenvalue weighted by Crippen LogP contribution is 2.47. The van der Waals surface area contributed by atoms with E-state index in [1.807, 2.05) is 11.9 Å². The summed E-state index contributed by atoms with van der Waals surface area (Å²) in [5, 5.41) is 12.8. The molecule has 206 valence electrons. The summed E-state index contributed by atoms with van der Waals surface area (Å²) >= 11 is 7.30. The van der Waals surface area contributed by atoms with Crippen LogP contribution in [0.1, 0.15) is 33.1 Å². The van der Waals surface area contributed by atoms with Gasteiger partial charge in [0.1, 0.15) is 29.9 Å². The molecule has 13 nitrogen and oxygen atoms in total. The average Bonchev–Trinajstić information content (AvgIpc) is 3.08. The number of halogens is 1. The van der Waals surface area contributed by atoms with Gasteiger partial charge in [-0.15, -0.1) is 23.4 Å². The highest BCUT2D eigenvalue weighted by molar-refractivity contribution is 7.99. The van der Waals surface area contributed by atoms with E-state index >= 15 is 0 Å². The van der Waals surface area contributed by atoms with E-state index in [0.29, 0.717) is 12.3 Å². The molecule has 0 aliphatic carbocycles. The Labute approximate surface area is 213 Å². The first-order valence-electron chi connectivity index (χ1n) is 11.1. The van der Waals surface area contributed by atoms with Gasteiger partial charge in [-0.2, -0.15) is 0 Å². The number of likely N-dealkylation sites (N-methyl/N-ethyl adjacent to an activating group) is 1. The molecular formula is C18H35ClN2O11P2S. The van der Waals surface area contributed by atoms with Crippen molar-refractivity contribution >= 4 is 44.9 Å². The quantitative estimate of drug-likeness (QED) is 0.146. The molecule has 17 heteroatoms. The summed E-state index contributed by atoms with van der Waals surface area (Å²) in [5.41, 5.74) is -1.18. The standard InChI is InChI=1S/C18H35ClN2O11P2S/c1-5-6-10-7-11(21(3)8-10)17(23)20-12(9(2)19)14-15(31-33(24,25)26)13(22)16(18(30-14)35-4)32-34(27,28)29/h9-16,18,22H,5-8H2,1-4H3,(H,20,23)(H2,24,25,26)(H2,27,28,29)/t9-,10-,11+,12-,13?,14?,15?,16?,18?/m1/s1. The van der Waals surface area contributed by atoms with E-state index in [-0.39, 0.29) is 5.91 Å². The molecule has 2 aliphatic heterocycles. The summed E-state index contributed by atoms with van der Waals surface area (Å²) in [4.78, 5) is 52.5. The first kappa shape index (κ1) is 31.4. The molecule has 1 amide bonds. The van der Waals surface area contributed by atoms with Crippen molar-refractivity contribution in [1.29, 1.82) is 0 Å². The fourth-order valence-corrected chi connectivity index (χ4v) is 6.76. The molecule has 2 saturated heterocycles. The number of carbonyl (C=O) groups is 1. The molecule has 0 bridgehead atoms. The molecule has 9 atom stereocenters. The third-order valence-corrected chi connectivity index (χ3v) is 8.25. The minimum atomic E-state index is -5.23. The van der Waals surface area contributed by atoms with Crippen LogP contribution in [-0.4, -0.2) is 103 Å². The molecule has 2 aliphatic rings. The lowest BCUT2D eigenvalue weighted by atomic mass is 9.92. The van der Waals surface area contributed by atoms with Gasteiger partial charge in [0, 0.05) is 6.54 Å². The van der Waals surface area contributed by atoms with Gasteiger partial charge in [-0.3, -0.25) is 18.7 Å². The number of phosphoric acid groups is 2. The number of hydrogen-bond donors (Lipinski definition) is 6. The number of carbonyl (C=O) groups excluding carboxylic acids is 1. The lowest BCUT2D eigenvalue weighted by molar-refractivity contribution is -0.197. The molecule has 5 unspecified atom stereocenters. The van der Waals surface area contributed by atoms with E-state index < -0.39 is 63.0 Å². The van der Waals surface area contributed by atoms with Gasteiger partial charge in [0.2, 0.25) is 5.91 Å². The van der Waals surface area contributed by atoms with Crippen molar-refractivity contribution in [3.8, 4) is 0 Å². The van der Waals surface area contributed by atoms with Crippen LogP contribution in [0.25, 0.3) is 0 Å². The molecule has 2 rings (SSSR count). The van der Waals surface area contributed by atoms with Crippen molar-refractivity contribution in [1.82, 2.24) is 10.2 Å². The van der Waals surface area contributed by atoms with Gasteiger partial charge in [-0.1, -0.05) is 13.3 Å². The van der Waals surface area contributed by atoms with Crippen LogP contribution in [0.3, 0.4) is 0 Å². The van der Waals surface area contributed by atoms with Crippen LogP contribution < -0.4 is 5.32 Å². The van der Waals surface area contributed by atoms with Crippen molar-refractivity contribution in [2.75, 3.05) is 19.8 Å². The Morgan fingerprint density at radius 1 is 1.23 bits per heavy atom. The maximum absolute atomic E-state index is 13.2. The van der Waals surface area contributed by atoms with Crippen LogP contribution in [-0.2, 0) is 27.7 Å². The number of ether oxygens (including phenoxy) is 1. The SMILES string of the molecule is CCC[C@@H]1C[C@@H](C(=O)N[C@@H](C2OC(SC)C(OP(=O)(O)O)C(O)C2OP(=O)(O)O)[C@@H](C)Cl)N(C)C1. The Hall–Kier alpha value is 0.210. The molecule has 0 aromatic heterocycles. The highest BCUT2D eigenvalue weighted by atomic mass is 35.5. The molecule has 0 spiro atoms. The van der Waals surface area contributed by atoms with Gasteiger partial charge in [-0.05, 0) is 39.0 Å². The van der Waals surface area contributed by atoms with Crippen molar-refractivity contribution in [3.63, 3.8) is 0 Å². The second-order valence-corrected chi connectivity index (χ2v) is 12.9. The number of phosphoric ester groups is 2. The smallest absolute Gasteiger partial charge is 0.387 e. The van der Waals surface area contributed by atoms with E-state index in [0.717, 1.165) is 31.1 Å². The molecular weight excluding hydrogens is 550 g/mol. The molecule has 35 heavy (non-hydrogen) atoms. The predicted molar refractivity (Wildman–Crippen MR) is 129 cm³/mol. The number of thioether (sulfide) groups is 1. The summed E-state index contributed by atoms with van der Waals surface area (Å²) in [5.74, 6) is -0.0246. The van der Waals surface area contributed by atoms with E-state index in [1.54, 1.807) is 0 Å². The van der Waals surface area contributed by atoms with Crippen LogP contribution in [0.4, 0.5) is 0 Å². The van der Waals surface area contributed by atoms with Gasteiger partial charge in [0.25, 0.3) is 0 Å². The number of aliphatic hydroxyl groups excluding tert-OH is 1. The van der Waals surface area contributed by atoms with Crippen LogP contribution in [0, 0.1) is 5.92 Å². The summed E-state index contributed by atoms with van der Waals surface area (Å²) in [6.07, 6.45) is -2.76. The topological polar surface area (TPSA) is 195 Å². The highest BCUT2D eigenvalue weighted by Gasteiger charge is 2.54. The van der Waals surface area contributed by atoms with E-state index in [1.165, 1.54) is 13.2 Å². The molecule has 0 saturated carbocycles. The summed E-state index contributed by atoms with van der Waals surface area (Å²) in [7, 11) is -8.52. The van der Waals surface area contributed by atoms with Crippen LogP contribution in [0.5, 0.6) is 0 Å². The first-order chi connectivity index (χ1) is 16.1. The van der Waals surface area contributed by atoms with Crippen LogP contribution >= 0.6 is 39.0 Å². The van der Waals surface area contributed by atoms with Crippen molar-refractivity contribution < 1.29 is 52.4 Å². The summed E-state index contributed by atoms with van der Waals surface area (Å²) < 4.78 is 38.4. The number of aliphatic hydroxyl groups is 1. The number of alkyl halides is 1. The van der Waals surface area contributed by atoms with E-state index in [2.05, 4.69) is 16.8 Å². The fourth-order valence-electron chi connectivity index (χ4n) is 4.63. The largest absolute Gasteiger partial charge is 0.470 e. The van der Waals surface area contributed by atoms with E-state index in [9.17, 15) is 38.6 Å². The number of nitrogens with one attached hydrogen (secondary N) is 1. The first-order valence-corrected chi connectivity index (χ1v) is 15.8. The number of nitrogens with zero attached hydrogens (tertiary/aromatic N) is 1. The number of rotatable bonds is 11. The average molecular weight is 585 g/mol. The number of hydrogen-bond acceptors (Lipinski definition) is 9. The Morgan fingerprint density at radius 2 is 1.80 bits per heavy atom. The molecule has 0 aromatic rings. The van der Waals surface area contributed by atoms with Crippen LogP contribution in [0.2, 0.25) is 0 Å². The Kier molecular flexibility index (Phi) is 11.5. The van der Waals surface area contributed by atoms with Gasteiger partial charge in [0.15, 0.2) is 0 Å². The maximum atomic E-state index is 13.2. The van der Waals surface area contributed by atoms with Gasteiger partial charge < -0.3 is 34.7 Å². The molecule has 0 aromatic carbocycles. The molecule has 6 N–H and O–H groups in total. The molecule has 0 radical (unpaired) electrons. The maximum Gasteiger partial charge on any atom is 0.470 e. The Bertz CT molecular complexity index is 815. The Balaban J connectivity index is 2.34. The van der Waals surface area contributed by atoms with E-state index in [4.69, 9.17) is 20.9 Å². The normalized spacial score (nSPS) is 34.5. The Morgan fingerprint density at radius 3 is 2.29 bits per heavy atom. The van der Waals surface area contributed by atoms with Gasteiger partial charge in [0.05, 0.1) is 17.5 Å². The van der Waals surface area contributed by atoms with Gasteiger partial charge in [-0.25, -0.2) is 9.13 Å². The monoisotopic (exact) mass is 584 g/mol. The number of likely N-dealkylation sites (tertiary alicyclic amines) is 1. The lowest BCUT2D eigenvalue weighted by Crippen LogP contribution is -2.65. The molecule has 2 fully saturated rings. The third kappa shape index (κ3) is 8.88. The summed E-state index contributed by atoms with van der Waals surface area (Å²) in [6.45, 7) is 4.34. The third-order valence-electron chi connectivity index (χ3n) is 6.10. The van der Waals surface area contributed by atoms with Crippen molar-refractivity contribution in [2.24, 2.45) is 5.92 Å². The zero-order valence-electron chi connectivity index (χ0n) is 19.8. The zero-order chi connectivity index (χ0) is 26.7. The molecule has 2 heterocycles. The summed E-state index contributed by atoms with van der Waals surface area (Å²) in [6, 6.07) is -1.54. The minimum Gasteiger partial charge on any atom is -0.387 e. The van der Waals surface area contributed by atoms with Crippen LogP contribution in [0.15, 0.2) is 0 Å².